The zero-order valence-electron chi connectivity index (χ0n) is 10.9. The van der Waals surface area contributed by atoms with Gasteiger partial charge in [-0.05, 0) is 31.0 Å². The van der Waals surface area contributed by atoms with E-state index in [4.69, 9.17) is 0 Å². The average Bonchev–Trinajstić information content (AvgIpc) is 3.16. The molecule has 0 unspecified atom stereocenters. The maximum atomic E-state index is 13.5. The minimum absolute atomic E-state index is 0.0386. The molecule has 2 N–H and O–H groups in total. The van der Waals surface area contributed by atoms with Gasteiger partial charge in [0.1, 0.15) is 11.6 Å². The van der Waals surface area contributed by atoms with Gasteiger partial charge in [-0.25, -0.2) is 8.78 Å². The Hall–Kier alpha value is -1.25. The number of nitrogens with zero attached hydrogens (tertiary/aromatic N) is 2. The average molecular weight is 329 g/mol. The standard InChI is InChI=1S/C13H13F2N3OS2/c14-7-1-4-10(15)9(5-7)11(19)6-20-13-18-17-12(21-13)16-8-2-3-8/h1,4-5,8,11,19H,2-3,6H2,(H,16,17)/t11-/m1/s1. The molecule has 1 aromatic heterocycles. The van der Waals surface area contributed by atoms with Gasteiger partial charge in [0.15, 0.2) is 4.34 Å². The second-order valence-corrected chi connectivity index (χ2v) is 7.03. The molecule has 4 nitrogen and oxygen atoms in total. The number of rotatable bonds is 6. The molecule has 21 heavy (non-hydrogen) atoms. The fourth-order valence-corrected chi connectivity index (χ4v) is 3.55. The smallest absolute Gasteiger partial charge is 0.206 e. The number of aromatic nitrogens is 2. The Bertz CT molecular complexity index is 634. The van der Waals surface area contributed by atoms with Crippen molar-refractivity contribution >= 4 is 28.2 Å². The monoisotopic (exact) mass is 329 g/mol. The highest BCUT2D eigenvalue weighted by Gasteiger charge is 2.22. The summed E-state index contributed by atoms with van der Waals surface area (Å²) in [7, 11) is 0. The number of hydrogen-bond acceptors (Lipinski definition) is 6. The van der Waals surface area contributed by atoms with Crippen molar-refractivity contribution < 1.29 is 13.9 Å². The van der Waals surface area contributed by atoms with Crippen LogP contribution in [0.3, 0.4) is 0 Å². The molecule has 0 radical (unpaired) electrons. The molecule has 112 valence electrons. The van der Waals surface area contributed by atoms with Crippen molar-refractivity contribution in [3.05, 3.63) is 35.4 Å². The van der Waals surface area contributed by atoms with Crippen LogP contribution in [0, 0.1) is 11.6 Å². The van der Waals surface area contributed by atoms with Crippen molar-refractivity contribution in [1.29, 1.82) is 0 Å². The first-order chi connectivity index (χ1) is 10.1. The second kappa shape index (κ2) is 6.25. The number of aliphatic hydroxyl groups excluding tert-OH is 1. The van der Waals surface area contributed by atoms with Crippen LogP contribution in [0.25, 0.3) is 0 Å². The van der Waals surface area contributed by atoms with Gasteiger partial charge in [0.05, 0.1) is 6.10 Å². The van der Waals surface area contributed by atoms with Gasteiger partial charge in [-0.15, -0.1) is 10.2 Å². The van der Waals surface area contributed by atoms with Crippen LogP contribution in [-0.4, -0.2) is 27.1 Å². The van der Waals surface area contributed by atoms with Gasteiger partial charge in [0, 0.05) is 17.4 Å². The lowest BCUT2D eigenvalue weighted by atomic mass is 10.1. The van der Waals surface area contributed by atoms with Gasteiger partial charge in [-0.3, -0.25) is 0 Å². The third kappa shape index (κ3) is 3.90. The molecule has 2 aromatic rings. The molecule has 3 rings (SSSR count). The van der Waals surface area contributed by atoms with Crippen LogP contribution in [0.15, 0.2) is 22.5 Å². The number of thioether (sulfide) groups is 1. The maximum absolute atomic E-state index is 13.5. The number of halogens is 2. The summed E-state index contributed by atoms with van der Waals surface area (Å²) in [5, 5.41) is 21.9. The normalized spacial score (nSPS) is 16.0. The van der Waals surface area contributed by atoms with E-state index in [1.165, 1.54) is 23.1 Å². The van der Waals surface area contributed by atoms with Gasteiger partial charge in [-0.1, -0.05) is 23.1 Å². The highest BCUT2D eigenvalue weighted by Crippen LogP contribution is 2.32. The Morgan fingerprint density at radius 3 is 2.95 bits per heavy atom. The molecule has 1 aliphatic carbocycles. The van der Waals surface area contributed by atoms with Crippen molar-refractivity contribution in [3.8, 4) is 0 Å². The summed E-state index contributed by atoms with van der Waals surface area (Å²) in [5.41, 5.74) is -0.0386. The summed E-state index contributed by atoms with van der Waals surface area (Å²) in [5.74, 6) is -0.988. The minimum atomic E-state index is -1.09. The van der Waals surface area contributed by atoms with E-state index in [0.29, 0.717) is 10.4 Å². The van der Waals surface area contributed by atoms with Crippen LogP contribution in [0.5, 0.6) is 0 Å². The first-order valence-electron chi connectivity index (χ1n) is 6.47. The fraction of sp³-hybridized carbons (Fsp3) is 0.385. The highest BCUT2D eigenvalue weighted by molar-refractivity contribution is 8.01. The van der Waals surface area contributed by atoms with Crippen molar-refractivity contribution in [3.63, 3.8) is 0 Å². The summed E-state index contributed by atoms with van der Waals surface area (Å²) in [6.07, 6.45) is 1.22. The van der Waals surface area contributed by atoms with E-state index < -0.39 is 17.7 Å². The Balaban J connectivity index is 1.58. The molecule has 1 atom stereocenters. The van der Waals surface area contributed by atoms with Gasteiger partial charge >= 0.3 is 0 Å². The molecule has 1 fully saturated rings. The van der Waals surface area contributed by atoms with Gasteiger partial charge < -0.3 is 10.4 Å². The quantitative estimate of drug-likeness (QED) is 0.797. The predicted molar refractivity (Wildman–Crippen MR) is 78.6 cm³/mol. The van der Waals surface area contributed by atoms with Crippen LogP contribution >= 0.6 is 23.1 Å². The molecule has 1 aromatic carbocycles. The molecule has 1 aliphatic rings. The van der Waals surface area contributed by atoms with Crippen molar-refractivity contribution in [1.82, 2.24) is 10.2 Å². The van der Waals surface area contributed by atoms with Gasteiger partial charge in [0.2, 0.25) is 5.13 Å². The van der Waals surface area contributed by atoms with E-state index in [9.17, 15) is 13.9 Å². The molecule has 1 heterocycles. The maximum Gasteiger partial charge on any atom is 0.206 e. The predicted octanol–water partition coefficient (Wildman–Crippen LogP) is 3.22. The minimum Gasteiger partial charge on any atom is -0.387 e. The van der Waals surface area contributed by atoms with E-state index >= 15 is 0 Å². The lowest BCUT2D eigenvalue weighted by molar-refractivity contribution is 0.198. The molecule has 1 saturated carbocycles. The second-order valence-electron chi connectivity index (χ2n) is 4.78. The largest absolute Gasteiger partial charge is 0.387 e. The van der Waals surface area contributed by atoms with E-state index in [-0.39, 0.29) is 11.3 Å². The molecule has 0 saturated heterocycles. The number of nitrogens with one attached hydrogen (secondary N) is 1. The van der Waals surface area contributed by atoms with Crippen LogP contribution in [0.2, 0.25) is 0 Å². The van der Waals surface area contributed by atoms with E-state index in [2.05, 4.69) is 15.5 Å². The zero-order chi connectivity index (χ0) is 14.8. The van der Waals surface area contributed by atoms with Crippen LogP contribution in [-0.2, 0) is 0 Å². The van der Waals surface area contributed by atoms with Crippen LogP contribution in [0.1, 0.15) is 24.5 Å². The summed E-state index contributed by atoms with van der Waals surface area (Å²) in [4.78, 5) is 0. The van der Waals surface area contributed by atoms with E-state index in [1.54, 1.807) is 0 Å². The van der Waals surface area contributed by atoms with Gasteiger partial charge in [0.25, 0.3) is 0 Å². The number of aliphatic hydroxyl groups is 1. The molecule has 0 amide bonds. The van der Waals surface area contributed by atoms with E-state index in [0.717, 1.165) is 36.2 Å². The van der Waals surface area contributed by atoms with Gasteiger partial charge in [-0.2, -0.15) is 0 Å². The molecular formula is C13H13F2N3OS2. The van der Waals surface area contributed by atoms with Crippen molar-refractivity contribution in [2.45, 2.75) is 29.3 Å². The summed E-state index contributed by atoms with van der Waals surface area (Å²) >= 11 is 2.67. The van der Waals surface area contributed by atoms with Crippen molar-refractivity contribution in [2.24, 2.45) is 0 Å². The molecule has 0 bridgehead atoms. The first kappa shape index (κ1) is 14.7. The Labute approximate surface area is 128 Å². The van der Waals surface area contributed by atoms with Crippen molar-refractivity contribution in [2.75, 3.05) is 11.1 Å². The third-order valence-electron chi connectivity index (χ3n) is 2.99. The molecule has 8 heteroatoms. The SMILES string of the molecule is O[C@H](CSc1nnc(NC2CC2)s1)c1cc(F)ccc1F. The van der Waals surface area contributed by atoms with E-state index in [1.807, 2.05) is 0 Å². The zero-order valence-corrected chi connectivity index (χ0v) is 12.6. The molecule has 0 aliphatic heterocycles. The number of anilines is 1. The lowest BCUT2D eigenvalue weighted by Gasteiger charge is -2.10. The highest BCUT2D eigenvalue weighted by atomic mass is 32.2. The summed E-state index contributed by atoms with van der Waals surface area (Å²) < 4.78 is 27.3. The molecule has 0 spiro atoms. The molecular weight excluding hydrogens is 316 g/mol. The Morgan fingerprint density at radius 1 is 1.38 bits per heavy atom. The third-order valence-corrected chi connectivity index (χ3v) is 5.06. The van der Waals surface area contributed by atoms with Crippen LogP contribution < -0.4 is 5.32 Å². The lowest BCUT2D eigenvalue weighted by Crippen LogP contribution is -2.04. The first-order valence-corrected chi connectivity index (χ1v) is 8.28. The topological polar surface area (TPSA) is 58.0 Å². The number of hydrogen-bond donors (Lipinski definition) is 2. The Morgan fingerprint density at radius 2 is 2.19 bits per heavy atom. The summed E-state index contributed by atoms with van der Waals surface area (Å²) in [6.45, 7) is 0. The Kier molecular flexibility index (Phi) is 4.37. The fourth-order valence-electron chi connectivity index (χ4n) is 1.74. The summed E-state index contributed by atoms with van der Waals surface area (Å²) in [6, 6.07) is 3.56. The number of benzene rings is 1. The van der Waals surface area contributed by atoms with Crippen LogP contribution in [0.4, 0.5) is 13.9 Å².